The summed E-state index contributed by atoms with van der Waals surface area (Å²) in [6, 6.07) is 6.54. The number of benzene rings is 1. The lowest BCUT2D eigenvalue weighted by molar-refractivity contribution is 0.350. The lowest BCUT2D eigenvalue weighted by atomic mass is 10.1. The molecule has 0 aliphatic heterocycles. The van der Waals surface area contributed by atoms with Crippen molar-refractivity contribution in [3.8, 4) is 11.8 Å². The van der Waals surface area contributed by atoms with Gasteiger partial charge < -0.3 is 5.11 Å². The lowest BCUT2D eigenvalue weighted by Gasteiger charge is -2.11. The van der Waals surface area contributed by atoms with E-state index in [-0.39, 0.29) is 11.6 Å². The minimum atomic E-state index is -3.68. The first-order valence-corrected chi connectivity index (χ1v) is 7.80. The zero-order chi connectivity index (χ0) is 15.3. The second kappa shape index (κ2) is 6.43. The van der Waals surface area contributed by atoms with Crippen molar-refractivity contribution >= 4 is 15.7 Å². The molecule has 7 heteroatoms. The smallest absolute Gasteiger partial charge is 0.278 e. The highest BCUT2D eigenvalue weighted by atomic mass is 32.2. The second-order valence-electron chi connectivity index (χ2n) is 4.21. The first kappa shape index (κ1) is 15.1. The predicted molar refractivity (Wildman–Crippen MR) is 79.2 cm³/mol. The molecule has 0 aliphatic carbocycles. The van der Waals surface area contributed by atoms with Crippen LogP contribution in [-0.4, -0.2) is 30.3 Å². The van der Waals surface area contributed by atoms with Crippen molar-refractivity contribution in [2.75, 3.05) is 11.3 Å². The van der Waals surface area contributed by atoms with Crippen LogP contribution < -0.4 is 4.72 Å². The fourth-order valence-corrected chi connectivity index (χ4v) is 2.81. The van der Waals surface area contributed by atoms with Crippen LogP contribution in [0.5, 0.6) is 0 Å². The molecule has 0 radical (unpaired) electrons. The third kappa shape index (κ3) is 3.62. The van der Waals surface area contributed by atoms with Crippen LogP contribution >= 0.6 is 0 Å². The Labute approximate surface area is 123 Å². The number of hydrogen-bond acceptors (Lipinski definition) is 4. The van der Waals surface area contributed by atoms with Gasteiger partial charge in [0.05, 0.1) is 11.9 Å². The van der Waals surface area contributed by atoms with E-state index in [2.05, 4.69) is 26.8 Å². The Morgan fingerprint density at radius 1 is 1.38 bits per heavy atom. The van der Waals surface area contributed by atoms with E-state index in [1.807, 2.05) is 6.92 Å². The Kier molecular flexibility index (Phi) is 4.62. The van der Waals surface area contributed by atoms with Crippen LogP contribution in [0.4, 0.5) is 5.69 Å². The van der Waals surface area contributed by atoms with Crippen molar-refractivity contribution < 1.29 is 13.5 Å². The molecule has 3 N–H and O–H groups in total. The molecule has 0 amide bonds. The van der Waals surface area contributed by atoms with Crippen molar-refractivity contribution in [2.24, 2.45) is 0 Å². The minimum Gasteiger partial charge on any atom is -0.384 e. The fourth-order valence-electron chi connectivity index (χ4n) is 1.80. The number of aliphatic hydroxyl groups excluding tert-OH is 1. The van der Waals surface area contributed by atoms with Crippen molar-refractivity contribution in [2.45, 2.75) is 18.4 Å². The van der Waals surface area contributed by atoms with Gasteiger partial charge in [-0.05, 0) is 36.2 Å². The average Bonchev–Trinajstić information content (AvgIpc) is 3.01. The van der Waals surface area contributed by atoms with E-state index in [1.165, 1.54) is 12.3 Å². The molecule has 110 valence electrons. The van der Waals surface area contributed by atoms with Crippen molar-refractivity contribution in [1.82, 2.24) is 10.2 Å². The highest BCUT2D eigenvalue weighted by Gasteiger charge is 2.16. The van der Waals surface area contributed by atoms with Crippen LogP contribution in [-0.2, 0) is 16.4 Å². The van der Waals surface area contributed by atoms with Crippen molar-refractivity contribution in [3.05, 3.63) is 41.6 Å². The maximum atomic E-state index is 12.1. The monoisotopic (exact) mass is 305 g/mol. The largest absolute Gasteiger partial charge is 0.384 e. The molecule has 0 aliphatic rings. The number of nitrogens with one attached hydrogen (secondary N) is 2. The van der Waals surface area contributed by atoms with Gasteiger partial charge in [-0.3, -0.25) is 9.82 Å². The average molecular weight is 305 g/mol. The number of nitrogens with zero attached hydrogens (tertiary/aromatic N) is 1. The van der Waals surface area contributed by atoms with Gasteiger partial charge in [0.2, 0.25) is 0 Å². The van der Waals surface area contributed by atoms with Gasteiger partial charge in [-0.25, -0.2) is 0 Å². The summed E-state index contributed by atoms with van der Waals surface area (Å²) in [5.41, 5.74) is 2.05. The van der Waals surface area contributed by atoms with Gasteiger partial charge in [0, 0.05) is 5.56 Å². The number of anilines is 1. The molecule has 0 bridgehead atoms. The molecule has 0 saturated heterocycles. The number of aromatic nitrogens is 2. The third-order valence-electron chi connectivity index (χ3n) is 2.81. The van der Waals surface area contributed by atoms with Crippen LogP contribution in [0.25, 0.3) is 0 Å². The van der Waals surface area contributed by atoms with Crippen molar-refractivity contribution in [3.63, 3.8) is 0 Å². The fraction of sp³-hybridized carbons (Fsp3) is 0.214. The zero-order valence-electron chi connectivity index (χ0n) is 11.4. The molecule has 0 unspecified atom stereocenters. The Balaban J connectivity index is 2.32. The van der Waals surface area contributed by atoms with Gasteiger partial charge in [0.25, 0.3) is 10.0 Å². The van der Waals surface area contributed by atoms with E-state index in [0.717, 1.165) is 11.1 Å². The predicted octanol–water partition coefficient (Wildman–Crippen LogP) is 1.12. The van der Waals surface area contributed by atoms with Gasteiger partial charge in [-0.15, -0.1) is 0 Å². The van der Waals surface area contributed by atoms with Crippen LogP contribution in [0.15, 0.2) is 35.5 Å². The Morgan fingerprint density at radius 2 is 2.19 bits per heavy atom. The summed E-state index contributed by atoms with van der Waals surface area (Å²) < 4.78 is 26.8. The standard InChI is InChI=1S/C14H15N3O3S/c1-2-12-10-11(4-3-9-18)5-6-13(12)17-21(19,20)14-7-8-15-16-14/h5-8,10,17-18H,2,9H2,1H3,(H,15,16). The van der Waals surface area contributed by atoms with Crippen LogP contribution in [0.3, 0.4) is 0 Å². The first-order valence-electron chi connectivity index (χ1n) is 6.31. The summed E-state index contributed by atoms with van der Waals surface area (Å²) in [6.45, 7) is 1.71. The van der Waals surface area contributed by atoms with Crippen molar-refractivity contribution in [1.29, 1.82) is 0 Å². The van der Waals surface area contributed by atoms with Crippen LogP contribution in [0, 0.1) is 11.8 Å². The van der Waals surface area contributed by atoms with E-state index < -0.39 is 10.0 Å². The van der Waals surface area contributed by atoms with E-state index in [0.29, 0.717) is 12.1 Å². The van der Waals surface area contributed by atoms with Crippen LogP contribution in [0.1, 0.15) is 18.1 Å². The maximum Gasteiger partial charge on any atom is 0.278 e. The second-order valence-corrected chi connectivity index (χ2v) is 5.86. The first-order chi connectivity index (χ1) is 10.1. The number of H-pyrrole nitrogens is 1. The molecular formula is C14H15N3O3S. The lowest BCUT2D eigenvalue weighted by Crippen LogP contribution is -2.14. The van der Waals surface area contributed by atoms with Gasteiger partial charge in [-0.1, -0.05) is 18.8 Å². The molecule has 0 fully saturated rings. The van der Waals surface area contributed by atoms with E-state index in [1.54, 1.807) is 18.2 Å². The maximum absolute atomic E-state index is 12.1. The summed E-state index contributed by atoms with van der Waals surface area (Å²) in [4.78, 5) is 0. The Morgan fingerprint density at radius 3 is 2.81 bits per heavy atom. The number of aryl methyl sites for hydroxylation is 1. The molecule has 0 spiro atoms. The molecule has 21 heavy (non-hydrogen) atoms. The molecule has 1 aromatic carbocycles. The highest BCUT2D eigenvalue weighted by molar-refractivity contribution is 7.92. The summed E-state index contributed by atoms with van der Waals surface area (Å²) in [7, 11) is -3.68. The molecular weight excluding hydrogens is 290 g/mol. The quantitative estimate of drug-likeness (QED) is 0.738. The van der Waals surface area contributed by atoms with E-state index in [9.17, 15) is 8.42 Å². The number of aromatic amines is 1. The highest BCUT2D eigenvalue weighted by Crippen LogP contribution is 2.21. The summed E-state index contributed by atoms with van der Waals surface area (Å²) in [6.07, 6.45) is 2.03. The van der Waals surface area contributed by atoms with Gasteiger partial charge in [0.1, 0.15) is 6.61 Å². The normalized spacial score (nSPS) is 10.8. The molecule has 2 aromatic rings. The zero-order valence-corrected chi connectivity index (χ0v) is 12.2. The van der Waals surface area contributed by atoms with Gasteiger partial charge in [-0.2, -0.15) is 13.5 Å². The Bertz CT molecular complexity index is 772. The Hall–Kier alpha value is -2.30. The van der Waals surface area contributed by atoms with Crippen LogP contribution in [0.2, 0.25) is 0 Å². The van der Waals surface area contributed by atoms with Gasteiger partial charge >= 0.3 is 0 Å². The molecule has 1 heterocycles. The molecule has 6 nitrogen and oxygen atoms in total. The third-order valence-corrected chi connectivity index (χ3v) is 4.10. The van der Waals surface area contributed by atoms with Gasteiger partial charge in [0.15, 0.2) is 5.03 Å². The van der Waals surface area contributed by atoms with E-state index >= 15 is 0 Å². The summed E-state index contributed by atoms with van der Waals surface area (Å²) in [5.74, 6) is 5.35. The molecule has 2 rings (SSSR count). The number of rotatable bonds is 4. The molecule has 1 aromatic heterocycles. The number of aliphatic hydroxyl groups is 1. The SMILES string of the molecule is CCc1cc(C#CCO)ccc1NS(=O)(=O)c1ccn[nH]1. The topological polar surface area (TPSA) is 95.1 Å². The summed E-state index contributed by atoms with van der Waals surface area (Å²) in [5, 5.41) is 14.8. The number of sulfonamides is 1. The van der Waals surface area contributed by atoms with E-state index in [4.69, 9.17) is 5.11 Å². The molecule has 0 saturated carbocycles. The summed E-state index contributed by atoms with van der Waals surface area (Å²) >= 11 is 0. The number of hydrogen-bond donors (Lipinski definition) is 3. The minimum absolute atomic E-state index is 0.00806. The molecule has 0 atom stereocenters.